The van der Waals surface area contributed by atoms with Crippen molar-refractivity contribution >= 4 is 5.69 Å². The van der Waals surface area contributed by atoms with Crippen molar-refractivity contribution in [3.05, 3.63) is 18.5 Å². The molecule has 0 aliphatic rings. The first kappa shape index (κ1) is 8.41. The summed E-state index contributed by atoms with van der Waals surface area (Å²) in [6, 6.07) is 1.71. The molecule has 0 radical (unpaired) electrons. The van der Waals surface area contributed by atoms with Crippen molar-refractivity contribution < 1.29 is 4.74 Å². The van der Waals surface area contributed by atoms with Gasteiger partial charge in [0, 0.05) is 18.7 Å². The highest BCUT2D eigenvalue weighted by Crippen LogP contribution is 2.17. The van der Waals surface area contributed by atoms with E-state index in [-0.39, 0.29) is 0 Å². The maximum atomic E-state index is 5.56. The average molecular weight is 162 g/mol. The number of hydrogen-bond donors (Lipinski definition) is 1. The molecule has 0 saturated carbocycles. The summed E-state index contributed by atoms with van der Waals surface area (Å²) in [6.07, 6.45) is 8.82. The Morgan fingerprint density at radius 2 is 2.50 bits per heavy atom. The molecule has 1 rings (SSSR count). The summed E-state index contributed by atoms with van der Waals surface area (Å²) in [4.78, 5) is 3.83. The van der Waals surface area contributed by atoms with Crippen LogP contribution in [0.3, 0.4) is 0 Å². The number of ether oxygens (including phenoxy) is 1. The molecule has 0 aliphatic carbocycles. The summed E-state index contributed by atoms with van der Waals surface area (Å²) in [5, 5.41) is 0. The van der Waals surface area contributed by atoms with Gasteiger partial charge in [-0.2, -0.15) is 0 Å². The van der Waals surface area contributed by atoms with Crippen molar-refractivity contribution in [2.45, 2.75) is 6.42 Å². The minimum atomic E-state index is 0.491. The molecule has 1 aromatic rings. The summed E-state index contributed by atoms with van der Waals surface area (Å²) in [7, 11) is 0. The van der Waals surface area contributed by atoms with Crippen LogP contribution < -0.4 is 10.5 Å². The lowest BCUT2D eigenvalue weighted by atomic mass is 10.4. The molecule has 1 aromatic heterocycles. The van der Waals surface area contributed by atoms with E-state index in [4.69, 9.17) is 16.9 Å². The van der Waals surface area contributed by atoms with Crippen LogP contribution >= 0.6 is 0 Å². The van der Waals surface area contributed by atoms with Crippen LogP contribution in [0.1, 0.15) is 6.42 Å². The number of anilines is 1. The standard InChI is InChI=1S/C9H10N2O/c1-2-3-6-12-9-4-5-11-7-8(9)10/h1,4-5,7H,3,6,10H2. The number of nitrogens with zero attached hydrogens (tertiary/aromatic N) is 1. The molecule has 0 fully saturated rings. The Bertz CT molecular complexity index is 291. The molecule has 0 spiro atoms. The first-order chi connectivity index (χ1) is 5.84. The zero-order valence-corrected chi connectivity index (χ0v) is 6.66. The second-order valence-electron chi connectivity index (χ2n) is 2.22. The SMILES string of the molecule is C#CCCOc1ccncc1N. The van der Waals surface area contributed by atoms with Crippen molar-refractivity contribution in [3.63, 3.8) is 0 Å². The molecule has 0 bridgehead atoms. The fourth-order valence-corrected chi connectivity index (χ4v) is 0.745. The number of nitrogen functional groups attached to an aromatic ring is 1. The number of rotatable bonds is 3. The van der Waals surface area contributed by atoms with Crippen molar-refractivity contribution in [2.24, 2.45) is 0 Å². The molecule has 3 nitrogen and oxygen atoms in total. The maximum Gasteiger partial charge on any atom is 0.145 e. The van der Waals surface area contributed by atoms with E-state index in [1.165, 1.54) is 0 Å². The molecule has 12 heavy (non-hydrogen) atoms. The molecule has 0 unspecified atom stereocenters. The van der Waals surface area contributed by atoms with Crippen molar-refractivity contribution in [1.82, 2.24) is 4.98 Å². The monoisotopic (exact) mass is 162 g/mol. The Morgan fingerprint density at radius 3 is 3.17 bits per heavy atom. The van der Waals surface area contributed by atoms with E-state index in [1.807, 2.05) is 0 Å². The fraction of sp³-hybridized carbons (Fsp3) is 0.222. The third-order valence-electron chi connectivity index (χ3n) is 1.31. The first-order valence-corrected chi connectivity index (χ1v) is 3.60. The molecule has 0 aromatic carbocycles. The second-order valence-corrected chi connectivity index (χ2v) is 2.22. The van der Waals surface area contributed by atoms with Gasteiger partial charge in [-0.3, -0.25) is 4.98 Å². The van der Waals surface area contributed by atoms with Crippen LogP contribution in [0.4, 0.5) is 5.69 Å². The number of terminal acetylenes is 1. The predicted molar refractivity (Wildman–Crippen MR) is 47.6 cm³/mol. The molecule has 0 atom stereocenters. The molecule has 1 heterocycles. The minimum absolute atomic E-state index is 0.491. The van der Waals surface area contributed by atoms with Crippen LogP contribution in [0, 0.1) is 12.3 Å². The zero-order chi connectivity index (χ0) is 8.81. The van der Waals surface area contributed by atoms with Gasteiger partial charge in [-0.15, -0.1) is 12.3 Å². The third-order valence-corrected chi connectivity index (χ3v) is 1.31. The lowest BCUT2D eigenvalue weighted by molar-refractivity contribution is 0.328. The van der Waals surface area contributed by atoms with Gasteiger partial charge in [0.15, 0.2) is 0 Å². The summed E-state index contributed by atoms with van der Waals surface area (Å²) < 4.78 is 5.27. The minimum Gasteiger partial charge on any atom is -0.490 e. The van der Waals surface area contributed by atoms with Crippen LogP contribution in [-0.2, 0) is 0 Å². The van der Waals surface area contributed by atoms with Crippen LogP contribution in [0.2, 0.25) is 0 Å². The van der Waals surface area contributed by atoms with Gasteiger partial charge in [-0.1, -0.05) is 0 Å². The molecular weight excluding hydrogens is 152 g/mol. The van der Waals surface area contributed by atoms with Crippen LogP contribution in [-0.4, -0.2) is 11.6 Å². The fourth-order valence-electron chi connectivity index (χ4n) is 0.745. The number of pyridine rings is 1. The van der Waals surface area contributed by atoms with Gasteiger partial charge in [0.05, 0.1) is 18.5 Å². The Morgan fingerprint density at radius 1 is 1.67 bits per heavy atom. The third kappa shape index (κ3) is 2.17. The number of aromatic nitrogens is 1. The highest BCUT2D eigenvalue weighted by atomic mass is 16.5. The molecule has 0 amide bonds. The smallest absolute Gasteiger partial charge is 0.145 e. The van der Waals surface area contributed by atoms with Gasteiger partial charge in [-0.05, 0) is 0 Å². The Hall–Kier alpha value is -1.69. The second kappa shape index (κ2) is 4.24. The van der Waals surface area contributed by atoms with E-state index in [0.29, 0.717) is 24.5 Å². The van der Waals surface area contributed by atoms with Gasteiger partial charge in [0.2, 0.25) is 0 Å². The molecule has 0 saturated heterocycles. The van der Waals surface area contributed by atoms with Crippen LogP contribution in [0.25, 0.3) is 0 Å². The summed E-state index contributed by atoms with van der Waals surface area (Å²) >= 11 is 0. The normalized spacial score (nSPS) is 8.92. The van der Waals surface area contributed by atoms with E-state index >= 15 is 0 Å². The molecule has 2 N–H and O–H groups in total. The van der Waals surface area contributed by atoms with E-state index in [2.05, 4.69) is 10.9 Å². The first-order valence-electron chi connectivity index (χ1n) is 3.60. The summed E-state index contributed by atoms with van der Waals surface area (Å²) in [6.45, 7) is 0.491. The largest absolute Gasteiger partial charge is 0.490 e. The molecule has 62 valence electrons. The van der Waals surface area contributed by atoms with Gasteiger partial charge in [-0.25, -0.2) is 0 Å². The molecule has 0 aliphatic heterocycles. The van der Waals surface area contributed by atoms with Crippen molar-refractivity contribution in [1.29, 1.82) is 0 Å². The van der Waals surface area contributed by atoms with Crippen LogP contribution in [0.5, 0.6) is 5.75 Å². The van der Waals surface area contributed by atoms with Gasteiger partial charge in [0.1, 0.15) is 5.75 Å². The topological polar surface area (TPSA) is 48.1 Å². The van der Waals surface area contributed by atoms with Crippen LogP contribution in [0.15, 0.2) is 18.5 Å². The number of hydrogen-bond acceptors (Lipinski definition) is 3. The van der Waals surface area contributed by atoms with Crippen molar-refractivity contribution in [2.75, 3.05) is 12.3 Å². The molecular formula is C9H10N2O. The van der Waals surface area contributed by atoms with E-state index < -0.39 is 0 Å². The Labute approximate surface area is 71.6 Å². The van der Waals surface area contributed by atoms with E-state index in [1.54, 1.807) is 18.5 Å². The summed E-state index contributed by atoms with van der Waals surface area (Å²) in [5.41, 5.74) is 6.10. The van der Waals surface area contributed by atoms with Gasteiger partial charge < -0.3 is 10.5 Å². The lowest BCUT2D eigenvalue weighted by Gasteiger charge is -2.05. The summed E-state index contributed by atoms with van der Waals surface area (Å²) in [5.74, 6) is 3.12. The Kier molecular flexibility index (Phi) is 2.97. The highest BCUT2D eigenvalue weighted by Gasteiger charge is 1.96. The average Bonchev–Trinajstić information content (AvgIpc) is 2.09. The Balaban J connectivity index is 2.53. The highest BCUT2D eigenvalue weighted by molar-refractivity contribution is 5.49. The van der Waals surface area contributed by atoms with Gasteiger partial charge in [0.25, 0.3) is 0 Å². The lowest BCUT2D eigenvalue weighted by Crippen LogP contribution is -1.99. The van der Waals surface area contributed by atoms with E-state index in [9.17, 15) is 0 Å². The quantitative estimate of drug-likeness (QED) is 0.534. The number of nitrogens with two attached hydrogens (primary N) is 1. The van der Waals surface area contributed by atoms with Crippen molar-refractivity contribution in [3.8, 4) is 18.1 Å². The van der Waals surface area contributed by atoms with E-state index in [0.717, 1.165) is 0 Å². The maximum absolute atomic E-state index is 5.56. The predicted octanol–water partition coefficient (Wildman–Crippen LogP) is 1.07. The molecule has 3 heteroatoms. The zero-order valence-electron chi connectivity index (χ0n) is 6.66. The van der Waals surface area contributed by atoms with Gasteiger partial charge >= 0.3 is 0 Å².